The number of benzene rings is 1. The smallest absolute Gasteiger partial charge is 0.257 e. The summed E-state index contributed by atoms with van der Waals surface area (Å²) < 4.78 is 12.0. The number of ether oxygens (including phenoxy) is 2. The molecule has 0 saturated carbocycles. The van der Waals surface area contributed by atoms with Gasteiger partial charge in [0.25, 0.3) is 5.91 Å². The summed E-state index contributed by atoms with van der Waals surface area (Å²) in [4.78, 5) is 16.7. The first-order valence-electron chi connectivity index (χ1n) is 8.01. The maximum absolute atomic E-state index is 12.4. The van der Waals surface area contributed by atoms with Crippen molar-refractivity contribution in [3.63, 3.8) is 0 Å². The molecule has 2 heterocycles. The zero-order valence-corrected chi connectivity index (χ0v) is 16.1. The molecule has 1 aromatic heterocycles. The van der Waals surface area contributed by atoms with Gasteiger partial charge in [-0.15, -0.1) is 0 Å². The van der Waals surface area contributed by atoms with Crippen molar-refractivity contribution in [1.82, 2.24) is 4.98 Å². The van der Waals surface area contributed by atoms with Crippen LogP contribution in [0.3, 0.4) is 0 Å². The third kappa shape index (κ3) is 4.51. The van der Waals surface area contributed by atoms with Gasteiger partial charge in [0.2, 0.25) is 5.88 Å². The van der Waals surface area contributed by atoms with E-state index < -0.39 is 0 Å². The minimum absolute atomic E-state index is 0.0442. The molecule has 2 aromatic rings. The van der Waals surface area contributed by atoms with E-state index in [0.29, 0.717) is 29.7 Å². The number of nitrogens with zero attached hydrogens (tertiary/aromatic N) is 1. The number of amides is 1. The van der Waals surface area contributed by atoms with Crippen LogP contribution in [0.25, 0.3) is 0 Å². The number of carbonyl (C=O) groups is 1. The van der Waals surface area contributed by atoms with Crippen LogP contribution in [0.4, 0.5) is 5.69 Å². The number of aromatic nitrogens is 1. The van der Waals surface area contributed by atoms with Crippen LogP contribution in [0.5, 0.6) is 5.88 Å². The lowest BCUT2D eigenvalue weighted by molar-refractivity contribution is 0.0238. The lowest BCUT2D eigenvalue weighted by Crippen LogP contribution is -2.26. The molecule has 132 valence electrons. The van der Waals surface area contributed by atoms with E-state index in [2.05, 4.69) is 26.2 Å². The van der Waals surface area contributed by atoms with Gasteiger partial charge in [0, 0.05) is 29.2 Å². The third-order valence-corrected chi connectivity index (χ3v) is 5.16. The minimum atomic E-state index is -0.270. The number of carbonyl (C=O) groups excluding carboxylic acids is 1. The Labute approximate surface area is 159 Å². The van der Waals surface area contributed by atoms with E-state index in [9.17, 15) is 4.79 Å². The van der Waals surface area contributed by atoms with Crippen molar-refractivity contribution in [2.75, 3.05) is 18.5 Å². The molecule has 0 aliphatic carbocycles. The summed E-state index contributed by atoms with van der Waals surface area (Å²) in [5.74, 6) is 0.0805. The summed E-state index contributed by atoms with van der Waals surface area (Å²) in [6, 6.07) is 7.20. The van der Waals surface area contributed by atoms with Crippen molar-refractivity contribution in [2.45, 2.75) is 25.9 Å². The van der Waals surface area contributed by atoms with E-state index in [0.717, 1.165) is 28.6 Å². The van der Waals surface area contributed by atoms with Gasteiger partial charge in [-0.2, -0.15) is 0 Å². The Hall–Kier alpha value is -1.63. The number of hydrogen-bond acceptors (Lipinski definition) is 4. The highest BCUT2D eigenvalue weighted by molar-refractivity contribution is 9.10. The molecule has 0 bridgehead atoms. The van der Waals surface area contributed by atoms with E-state index in [-0.39, 0.29) is 12.0 Å². The van der Waals surface area contributed by atoms with Gasteiger partial charge in [-0.05, 0) is 30.7 Å². The Balaban J connectivity index is 1.71. The fourth-order valence-corrected chi connectivity index (χ4v) is 3.10. The lowest BCUT2D eigenvalue weighted by atomic mass is 10.1. The Morgan fingerprint density at radius 2 is 2.16 bits per heavy atom. The van der Waals surface area contributed by atoms with Gasteiger partial charge in [0.1, 0.15) is 11.1 Å². The van der Waals surface area contributed by atoms with Gasteiger partial charge in [0.05, 0.1) is 18.8 Å². The molecule has 0 spiro atoms. The molecular weight excluding hydrogens is 408 g/mol. The number of pyridine rings is 1. The molecule has 1 aliphatic heterocycles. The summed E-state index contributed by atoms with van der Waals surface area (Å²) in [7, 11) is 0. The molecule has 1 amide bonds. The number of hydrogen-bond donors (Lipinski definition) is 1. The van der Waals surface area contributed by atoms with Crippen LogP contribution in [0.15, 0.2) is 34.9 Å². The Bertz CT molecular complexity index is 779. The molecule has 25 heavy (non-hydrogen) atoms. The molecule has 1 aliphatic rings. The molecule has 5 nitrogen and oxygen atoms in total. The zero-order valence-electron chi connectivity index (χ0n) is 13.7. The first kappa shape index (κ1) is 18.2. The molecule has 3 rings (SSSR count). The van der Waals surface area contributed by atoms with Crippen molar-refractivity contribution in [3.05, 3.63) is 51.1 Å². The van der Waals surface area contributed by atoms with Crippen LogP contribution in [0.2, 0.25) is 5.02 Å². The van der Waals surface area contributed by atoms with Gasteiger partial charge in [-0.25, -0.2) is 4.98 Å². The molecule has 7 heteroatoms. The second kappa shape index (κ2) is 8.17. The standard InChI is InChI=1S/C18H18BrClN2O3/c1-11-14(19)3-2-4-16(11)22-17(23)12-9-15(20)18(21-10-12)25-13-5-7-24-8-6-13/h2-4,9-10,13H,5-8H2,1H3,(H,22,23). The Morgan fingerprint density at radius 1 is 1.40 bits per heavy atom. The van der Waals surface area contributed by atoms with Crippen molar-refractivity contribution in [1.29, 1.82) is 0 Å². The fourth-order valence-electron chi connectivity index (χ4n) is 2.53. The van der Waals surface area contributed by atoms with Gasteiger partial charge in [0.15, 0.2) is 0 Å². The van der Waals surface area contributed by atoms with Crippen LogP contribution >= 0.6 is 27.5 Å². The van der Waals surface area contributed by atoms with Crippen molar-refractivity contribution >= 4 is 39.1 Å². The molecule has 0 unspecified atom stereocenters. The van der Waals surface area contributed by atoms with E-state index in [1.165, 1.54) is 6.20 Å². The predicted molar refractivity (Wildman–Crippen MR) is 101 cm³/mol. The molecule has 1 fully saturated rings. The van der Waals surface area contributed by atoms with Crippen molar-refractivity contribution < 1.29 is 14.3 Å². The number of rotatable bonds is 4. The Kier molecular flexibility index (Phi) is 5.93. The van der Waals surface area contributed by atoms with E-state index >= 15 is 0 Å². The van der Waals surface area contributed by atoms with Gasteiger partial charge in [-0.3, -0.25) is 4.79 Å². The van der Waals surface area contributed by atoms with Crippen LogP contribution in [0.1, 0.15) is 28.8 Å². The van der Waals surface area contributed by atoms with E-state index in [4.69, 9.17) is 21.1 Å². The Morgan fingerprint density at radius 3 is 2.88 bits per heavy atom. The maximum Gasteiger partial charge on any atom is 0.257 e. The second-order valence-corrected chi connectivity index (χ2v) is 7.07. The molecule has 1 N–H and O–H groups in total. The average molecular weight is 426 g/mol. The highest BCUT2D eigenvalue weighted by Gasteiger charge is 2.18. The first-order valence-corrected chi connectivity index (χ1v) is 9.18. The molecule has 0 atom stereocenters. The average Bonchev–Trinajstić information content (AvgIpc) is 2.61. The first-order chi connectivity index (χ1) is 12.0. The fraction of sp³-hybridized carbons (Fsp3) is 0.333. The van der Waals surface area contributed by atoms with Crippen molar-refractivity contribution in [2.24, 2.45) is 0 Å². The highest BCUT2D eigenvalue weighted by Crippen LogP contribution is 2.27. The lowest BCUT2D eigenvalue weighted by Gasteiger charge is -2.23. The van der Waals surface area contributed by atoms with Gasteiger partial charge < -0.3 is 14.8 Å². The van der Waals surface area contributed by atoms with Crippen LogP contribution in [-0.2, 0) is 4.74 Å². The maximum atomic E-state index is 12.4. The normalized spacial score (nSPS) is 15.0. The summed E-state index contributed by atoms with van der Waals surface area (Å²) in [5, 5.41) is 3.19. The topological polar surface area (TPSA) is 60.5 Å². The van der Waals surface area contributed by atoms with E-state index in [1.807, 2.05) is 25.1 Å². The predicted octanol–water partition coefficient (Wildman–Crippen LogP) is 4.62. The van der Waals surface area contributed by atoms with Gasteiger partial charge >= 0.3 is 0 Å². The summed E-state index contributed by atoms with van der Waals surface area (Å²) in [6.45, 7) is 3.28. The molecule has 1 aromatic carbocycles. The quantitative estimate of drug-likeness (QED) is 0.777. The summed E-state index contributed by atoms with van der Waals surface area (Å²) >= 11 is 9.70. The van der Waals surface area contributed by atoms with Crippen LogP contribution < -0.4 is 10.1 Å². The molecule has 1 saturated heterocycles. The third-order valence-electron chi connectivity index (χ3n) is 4.03. The van der Waals surface area contributed by atoms with Gasteiger partial charge in [-0.1, -0.05) is 33.6 Å². The van der Waals surface area contributed by atoms with E-state index in [1.54, 1.807) is 6.07 Å². The molecule has 0 radical (unpaired) electrons. The zero-order chi connectivity index (χ0) is 17.8. The SMILES string of the molecule is Cc1c(Br)cccc1NC(=O)c1cnc(OC2CCOCC2)c(Cl)c1. The number of anilines is 1. The van der Waals surface area contributed by atoms with Crippen molar-refractivity contribution in [3.8, 4) is 5.88 Å². The monoisotopic (exact) mass is 424 g/mol. The minimum Gasteiger partial charge on any atom is -0.473 e. The largest absolute Gasteiger partial charge is 0.473 e. The summed E-state index contributed by atoms with van der Waals surface area (Å²) in [6.07, 6.45) is 3.14. The van der Waals surface area contributed by atoms with Crippen LogP contribution in [-0.4, -0.2) is 30.2 Å². The molecular formula is C18H18BrClN2O3. The number of halogens is 2. The second-order valence-electron chi connectivity index (χ2n) is 5.81. The summed E-state index contributed by atoms with van der Waals surface area (Å²) in [5.41, 5.74) is 2.07. The highest BCUT2D eigenvalue weighted by atomic mass is 79.9. The number of nitrogens with one attached hydrogen (secondary N) is 1. The van der Waals surface area contributed by atoms with Crippen LogP contribution in [0, 0.1) is 6.92 Å².